The van der Waals surface area contributed by atoms with Gasteiger partial charge >= 0.3 is 0 Å². The van der Waals surface area contributed by atoms with Gasteiger partial charge in [-0.1, -0.05) is 50.8 Å². The largest absolute Gasteiger partial charge is 0.404 e. The molecule has 0 aliphatic carbocycles. The lowest BCUT2D eigenvalue weighted by Crippen LogP contribution is -2.43. The summed E-state index contributed by atoms with van der Waals surface area (Å²) in [6, 6.07) is 10.0. The van der Waals surface area contributed by atoms with Crippen LogP contribution in [-0.4, -0.2) is 14.4 Å². The second-order valence-corrected chi connectivity index (χ2v) is 10.9. The van der Waals surface area contributed by atoms with Crippen molar-refractivity contribution >= 4 is 8.32 Å². The van der Waals surface area contributed by atoms with Crippen molar-refractivity contribution in [2.75, 3.05) is 0 Å². The Kier molecular flexibility index (Phi) is 4.78. The summed E-state index contributed by atoms with van der Waals surface area (Å²) in [4.78, 5) is 0. The van der Waals surface area contributed by atoms with Crippen molar-refractivity contribution in [3.05, 3.63) is 35.9 Å². The average molecular weight is 260 g/mol. The van der Waals surface area contributed by atoms with Gasteiger partial charge < -0.3 is 4.43 Å². The standard InChI is InChI=1S/C16H24OSi/c1-14(17-18(5,6)16(2,3)4)12-13-15-10-8-7-9-11-15/h7-11,14H,1-6H3. The summed E-state index contributed by atoms with van der Waals surface area (Å²) < 4.78 is 6.19. The van der Waals surface area contributed by atoms with Crippen LogP contribution in [0.4, 0.5) is 0 Å². The van der Waals surface area contributed by atoms with Crippen molar-refractivity contribution in [1.82, 2.24) is 0 Å². The zero-order valence-electron chi connectivity index (χ0n) is 12.4. The van der Waals surface area contributed by atoms with Gasteiger partial charge in [0.2, 0.25) is 0 Å². The van der Waals surface area contributed by atoms with E-state index in [-0.39, 0.29) is 11.1 Å². The molecule has 0 bridgehead atoms. The predicted octanol–water partition coefficient (Wildman–Crippen LogP) is 4.45. The molecular weight excluding hydrogens is 236 g/mol. The molecule has 18 heavy (non-hydrogen) atoms. The predicted molar refractivity (Wildman–Crippen MR) is 81.1 cm³/mol. The van der Waals surface area contributed by atoms with Crippen LogP contribution in [0.5, 0.6) is 0 Å². The highest BCUT2D eigenvalue weighted by Crippen LogP contribution is 2.37. The topological polar surface area (TPSA) is 9.23 Å². The van der Waals surface area contributed by atoms with E-state index in [1.54, 1.807) is 0 Å². The summed E-state index contributed by atoms with van der Waals surface area (Å²) in [6.45, 7) is 13.3. The molecule has 0 aliphatic heterocycles. The maximum Gasteiger partial charge on any atom is 0.193 e. The summed E-state index contributed by atoms with van der Waals surface area (Å²) in [7, 11) is -1.71. The Labute approximate surface area is 113 Å². The van der Waals surface area contributed by atoms with E-state index in [0.717, 1.165) is 5.56 Å². The zero-order valence-corrected chi connectivity index (χ0v) is 13.4. The molecule has 0 saturated heterocycles. The Hall–Kier alpha value is -1.04. The highest BCUT2D eigenvalue weighted by molar-refractivity contribution is 6.74. The molecule has 0 saturated carbocycles. The molecule has 0 heterocycles. The molecule has 0 fully saturated rings. The second-order valence-electron chi connectivity index (χ2n) is 6.16. The summed E-state index contributed by atoms with van der Waals surface area (Å²) in [6.07, 6.45) is -0.00824. The lowest BCUT2D eigenvalue weighted by atomic mass is 10.2. The molecule has 0 amide bonds. The number of hydrogen-bond donors (Lipinski definition) is 0. The summed E-state index contributed by atoms with van der Waals surface area (Å²) >= 11 is 0. The van der Waals surface area contributed by atoms with Crippen LogP contribution < -0.4 is 0 Å². The monoisotopic (exact) mass is 260 g/mol. The second kappa shape index (κ2) is 5.73. The van der Waals surface area contributed by atoms with Gasteiger partial charge in [0.15, 0.2) is 8.32 Å². The van der Waals surface area contributed by atoms with Gasteiger partial charge in [-0.25, -0.2) is 0 Å². The highest BCUT2D eigenvalue weighted by Gasteiger charge is 2.38. The van der Waals surface area contributed by atoms with Crippen LogP contribution in [-0.2, 0) is 4.43 Å². The van der Waals surface area contributed by atoms with Crippen molar-refractivity contribution in [3.8, 4) is 11.8 Å². The molecule has 2 heteroatoms. The molecule has 1 atom stereocenters. The van der Waals surface area contributed by atoms with Crippen LogP contribution in [0.2, 0.25) is 18.1 Å². The molecular formula is C16H24OSi. The van der Waals surface area contributed by atoms with Crippen LogP contribution in [0, 0.1) is 11.8 Å². The van der Waals surface area contributed by atoms with E-state index in [2.05, 4.69) is 45.7 Å². The van der Waals surface area contributed by atoms with E-state index in [1.807, 2.05) is 37.3 Å². The van der Waals surface area contributed by atoms with Crippen LogP contribution in [0.3, 0.4) is 0 Å². The minimum atomic E-state index is -1.71. The number of benzene rings is 1. The summed E-state index contributed by atoms with van der Waals surface area (Å²) in [5, 5.41) is 0.232. The van der Waals surface area contributed by atoms with Crippen LogP contribution in [0.25, 0.3) is 0 Å². The molecule has 1 unspecified atom stereocenters. The SMILES string of the molecule is CC(C#Cc1ccccc1)O[Si](C)(C)C(C)(C)C. The van der Waals surface area contributed by atoms with Gasteiger partial charge in [-0.05, 0) is 37.2 Å². The first-order valence-electron chi connectivity index (χ1n) is 6.47. The Morgan fingerprint density at radius 2 is 1.67 bits per heavy atom. The molecule has 0 aliphatic rings. The van der Waals surface area contributed by atoms with Crippen LogP contribution in [0.1, 0.15) is 33.3 Å². The van der Waals surface area contributed by atoms with Crippen LogP contribution in [0.15, 0.2) is 30.3 Å². The maximum atomic E-state index is 6.19. The van der Waals surface area contributed by atoms with Gasteiger partial charge in [0.1, 0.15) is 6.10 Å². The van der Waals surface area contributed by atoms with Crippen molar-refractivity contribution < 1.29 is 4.43 Å². The Morgan fingerprint density at radius 3 is 2.17 bits per heavy atom. The molecule has 0 radical (unpaired) electrons. The highest BCUT2D eigenvalue weighted by atomic mass is 28.4. The van der Waals surface area contributed by atoms with Crippen LogP contribution >= 0.6 is 0 Å². The van der Waals surface area contributed by atoms with Gasteiger partial charge in [-0.15, -0.1) is 0 Å². The first-order valence-corrected chi connectivity index (χ1v) is 9.37. The van der Waals surface area contributed by atoms with Crippen molar-refractivity contribution in [1.29, 1.82) is 0 Å². The number of rotatable bonds is 2. The minimum absolute atomic E-state index is 0.00824. The van der Waals surface area contributed by atoms with E-state index in [1.165, 1.54) is 0 Å². The summed E-state index contributed by atoms with van der Waals surface area (Å²) in [5.41, 5.74) is 1.04. The third-order valence-corrected chi connectivity index (χ3v) is 8.03. The normalized spacial score (nSPS) is 13.7. The molecule has 1 aromatic rings. The number of hydrogen-bond acceptors (Lipinski definition) is 1. The fourth-order valence-electron chi connectivity index (χ4n) is 1.35. The van der Waals surface area contributed by atoms with Gasteiger partial charge in [0.05, 0.1) is 0 Å². The average Bonchev–Trinajstić information content (AvgIpc) is 2.26. The Bertz CT molecular complexity index is 432. The first-order chi connectivity index (χ1) is 8.22. The van der Waals surface area contributed by atoms with Gasteiger partial charge in [-0.3, -0.25) is 0 Å². The smallest absolute Gasteiger partial charge is 0.193 e. The fraction of sp³-hybridized carbons (Fsp3) is 0.500. The van der Waals surface area contributed by atoms with E-state index in [9.17, 15) is 0 Å². The third kappa shape index (κ3) is 4.32. The molecule has 0 spiro atoms. The molecule has 1 rings (SSSR count). The lowest BCUT2D eigenvalue weighted by molar-refractivity contribution is 0.251. The molecule has 0 aromatic heterocycles. The molecule has 98 valence electrons. The lowest BCUT2D eigenvalue weighted by Gasteiger charge is -2.37. The Balaban J connectivity index is 2.69. The van der Waals surface area contributed by atoms with Crippen molar-refractivity contribution in [2.45, 2.75) is 51.9 Å². The van der Waals surface area contributed by atoms with E-state index in [4.69, 9.17) is 4.43 Å². The summed E-state index contributed by atoms with van der Waals surface area (Å²) in [5.74, 6) is 6.36. The molecule has 1 aromatic carbocycles. The zero-order chi connectivity index (χ0) is 13.8. The quantitative estimate of drug-likeness (QED) is 0.564. The van der Waals surface area contributed by atoms with Gasteiger partial charge in [-0.2, -0.15) is 0 Å². The van der Waals surface area contributed by atoms with Crippen molar-refractivity contribution in [2.24, 2.45) is 0 Å². The third-order valence-electron chi connectivity index (χ3n) is 3.47. The van der Waals surface area contributed by atoms with Gasteiger partial charge in [0.25, 0.3) is 0 Å². The molecule has 0 N–H and O–H groups in total. The van der Waals surface area contributed by atoms with E-state index < -0.39 is 8.32 Å². The maximum absolute atomic E-state index is 6.19. The van der Waals surface area contributed by atoms with Crippen molar-refractivity contribution in [3.63, 3.8) is 0 Å². The fourth-order valence-corrected chi connectivity index (χ4v) is 2.65. The van der Waals surface area contributed by atoms with Gasteiger partial charge in [0, 0.05) is 5.56 Å². The Morgan fingerprint density at radius 1 is 1.11 bits per heavy atom. The molecule has 1 nitrogen and oxygen atoms in total. The minimum Gasteiger partial charge on any atom is -0.404 e. The van der Waals surface area contributed by atoms with E-state index >= 15 is 0 Å². The van der Waals surface area contributed by atoms with E-state index in [0.29, 0.717) is 0 Å². The first kappa shape index (κ1) is 15.0.